The van der Waals surface area contributed by atoms with Crippen LogP contribution < -0.4 is 0 Å². The third-order valence-corrected chi connectivity index (χ3v) is 8.18. The van der Waals surface area contributed by atoms with Crippen molar-refractivity contribution in [3.63, 3.8) is 0 Å². The smallest absolute Gasteiger partial charge is 0.137 e. The Morgan fingerprint density at radius 1 is 0.522 bits per heavy atom. The molecule has 0 aliphatic rings. The zero-order valence-corrected chi connectivity index (χ0v) is 26.2. The number of benzene rings is 4. The SMILES string of the molecule is Cn1nnc2cc([C@@H](c3ccc(Cl)cc3)n3cncn3)ccc21.Cn1nnc2ccc([C@@H](c3ccc(Cl)cc3)n3cncn3)cc21. The summed E-state index contributed by atoms with van der Waals surface area (Å²) < 4.78 is 7.17. The van der Waals surface area contributed by atoms with Crippen LogP contribution >= 0.6 is 23.2 Å². The lowest BCUT2D eigenvalue weighted by Gasteiger charge is -2.18. The van der Waals surface area contributed by atoms with Gasteiger partial charge in [-0.15, -0.1) is 10.2 Å². The Morgan fingerprint density at radius 2 is 1.00 bits per heavy atom. The minimum absolute atomic E-state index is 0.0888. The molecule has 4 heterocycles. The van der Waals surface area contributed by atoms with Crippen LogP contribution in [0.5, 0.6) is 0 Å². The number of hydrogen-bond acceptors (Lipinski definition) is 8. The van der Waals surface area contributed by atoms with Crippen molar-refractivity contribution in [1.29, 1.82) is 0 Å². The molecule has 0 aliphatic heterocycles. The minimum atomic E-state index is -0.0961. The Balaban J connectivity index is 0.000000147. The number of fused-ring (bicyclic) bond motifs is 2. The fourth-order valence-electron chi connectivity index (χ4n) is 5.43. The quantitative estimate of drug-likeness (QED) is 0.225. The van der Waals surface area contributed by atoms with Crippen molar-refractivity contribution >= 4 is 45.3 Å². The lowest BCUT2D eigenvalue weighted by molar-refractivity contribution is 0.594. The van der Waals surface area contributed by atoms with E-state index in [4.69, 9.17) is 23.2 Å². The third kappa shape index (κ3) is 5.83. The molecule has 0 aliphatic carbocycles. The van der Waals surface area contributed by atoms with E-state index in [0.717, 1.165) is 44.3 Å². The van der Waals surface area contributed by atoms with Gasteiger partial charge < -0.3 is 0 Å². The van der Waals surface area contributed by atoms with Crippen LogP contribution in [0.2, 0.25) is 10.0 Å². The van der Waals surface area contributed by atoms with Gasteiger partial charge in [0.2, 0.25) is 0 Å². The average Bonchev–Trinajstić information content (AvgIpc) is 3.90. The van der Waals surface area contributed by atoms with E-state index in [1.54, 1.807) is 22.0 Å². The van der Waals surface area contributed by atoms with E-state index >= 15 is 0 Å². The predicted octanol–water partition coefficient (Wildman–Crippen LogP) is 5.70. The molecule has 0 saturated heterocycles. The molecule has 2 atom stereocenters. The maximum Gasteiger partial charge on any atom is 0.137 e. The lowest BCUT2D eigenvalue weighted by atomic mass is 9.98. The summed E-state index contributed by atoms with van der Waals surface area (Å²) in [6, 6.07) is 27.5. The van der Waals surface area contributed by atoms with Crippen molar-refractivity contribution in [1.82, 2.24) is 59.5 Å². The number of aryl methyl sites for hydroxylation is 2. The molecule has 4 aromatic heterocycles. The molecule has 0 radical (unpaired) electrons. The van der Waals surface area contributed by atoms with Crippen molar-refractivity contribution in [2.24, 2.45) is 14.1 Å². The molecular weight excluding hydrogens is 623 g/mol. The Kier molecular flexibility index (Phi) is 7.95. The van der Waals surface area contributed by atoms with Crippen molar-refractivity contribution in [2.75, 3.05) is 0 Å². The fraction of sp³-hybridized carbons (Fsp3) is 0.125. The largest absolute Gasteiger partial charge is 0.248 e. The van der Waals surface area contributed by atoms with Gasteiger partial charge >= 0.3 is 0 Å². The molecule has 0 unspecified atom stereocenters. The molecule has 46 heavy (non-hydrogen) atoms. The average molecular weight is 650 g/mol. The molecule has 0 amide bonds. The van der Waals surface area contributed by atoms with Gasteiger partial charge in [0.1, 0.15) is 48.4 Å². The lowest BCUT2D eigenvalue weighted by Crippen LogP contribution is -2.13. The van der Waals surface area contributed by atoms with E-state index in [1.165, 1.54) is 12.7 Å². The first-order valence-corrected chi connectivity index (χ1v) is 15.0. The normalized spacial score (nSPS) is 12.6. The van der Waals surface area contributed by atoms with E-state index < -0.39 is 0 Å². The van der Waals surface area contributed by atoms with Gasteiger partial charge in [-0.25, -0.2) is 28.7 Å². The van der Waals surface area contributed by atoms with Crippen LogP contribution in [0.15, 0.2) is 110 Å². The summed E-state index contributed by atoms with van der Waals surface area (Å²) in [5.41, 5.74) is 7.97. The second kappa shape index (κ2) is 12.5. The van der Waals surface area contributed by atoms with E-state index in [9.17, 15) is 0 Å². The summed E-state index contributed by atoms with van der Waals surface area (Å²) in [4.78, 5) is 8.15. The minimum Gasteiger partial charge on any atom is -0.248 e. The fourth-order valence-corrected chi connectivity index (χ4v) is 5.68. The molecule has 4 aromatic carbocycles. The van der Waals surface area contributed by atoms with Crippen molar-refractivity contribution < 1.29 is 0 Å². The summed E-state index contributed by atoms with van der Waals surface area (Å²) >= 11 is 12.0. The van der Waals surface area contributed by atoms with Crippen LogP contribution in [0.25, 0.3) is 22.1 Å². The Labute approximate surface area is 272 Å². The van der Waals surface area contributed by atoms with E-state index in [0.29, 0.717) is 10.0 Å². The van der Waals surface area contributed by atoms with Gasteiger partial charge in [0.05, 0.1) is 11.0 Å². The number of rotatable bonds is 6. The molecule has 0 spiro atoms. The van der Waals surface area contributed by atoms with Gasteiger partial charge in [-0.3, -0.25) is 0 Å². The third-order valence-electron chi connectivity index (χ3n) is 7.67. The molecule has 12 nitrogen and oxygen atoms in total. The maximum absolute atomic E-state index is 6.02. The molecular formula is C32H26Cl2N12. The van der Waals surface area contributed by atoms with Gasteiger partial charge in [-0.05, 0) is 70.8 Å². The van der Waals surface area contributed by atoms with E-state index in [1.807, 2.05) is 96.3 Å². The highest BCUT2D eigenvalue weighted by Gasteiger charge is 2.20. The predicted molar refractivity (Wildman–Crippen MR) is 174 cm³/mol. The molecule has 8 aromatic rings. The van der Waals surface area contributed by atoms with Crippen LogP contribution in [0.4, 0.5) is 0 Å². The van der Waals surface area contributed by atoms with Crippen molar-refractivity contribution in [3.8, 4) is 0 Å². The topological polar surface area (TPSA) is 123 Å². The van der Waals surface area contributed by atoms with Gasteiger partial charge in [0.25, 0.3) is 0 Å². The maximum atomic E-state index is 6.02. The standard InChI is InChI=1S/2C16H13ClN6/c1-22-15-7-4-12(8-14(15)20-21-22)16(23-10-18-9-19-23)11-2-5-13(17)6-3-11;1-22-15-8-12(4-7-14(15)20-21-22)16(23-10-18-9-19-23)11-2-5-13(17)6-3-11/h2*2-10,16H,1H3/t2*16-/m11/s1. The van der Waals surface area contributed by atoms with Gasteiger partial charge in [-0.1, -0.05) is 70.0 Å². The van der Waals surface area contributed by atoms with E-state index in [-0.39, 0.29) is 12.1 Å². The second-order valence-electron chi connectivity index (χ2n) is 10.6. The Morgan fingerprint density at radius 3 is 1.54 bits per heavy atom. The van der Waals surface area contributed by atoms with Gasteiger partial charge in [0.15, 0.2) is 0 Å². The van der Waals surface area contributed by atoms with Gasteiger partial charge in [0, 0.05) is 24.1 Å². The van der Waals surface area contributed by atoms with Crippen LogP contribution in [-0.2, 0) is 14.1 Å². The first-order valence-electron chi connectivity index (χ1n) is 14.2. The molecule has 0 bridgehead atoms. The summed E-state index contributed by atoms with van der Waals surface area (Å²) in [5, 5.41) is 26.5. The summed E-state index contributed by atoms with van der Waals surface area (Å²) in [6.07, 6.45) is 6.49. The highest BCUT2D eigenvalue weighted by atomic mass is 35.5. The number of halogens is 2. The Hall–Kier alpha value is -5.46. The van der Waals surface area contributed by atoms with Crippen molar-refractivity contribution in [2.45, 2.75) is 12.1 Å². The monoisotopic (exact) mass is 648 g/mol. The molecule has 0 N–H and O–H groups in total. The van der Waals surface area contributed by atoms with Crippen molar-refractivity contribution in [3.05, 3.63) is 143 Å². The molecule has 228 valence electrons. The molecule has 14 heteroatoms. The molecule has 0 fully saturated rings. The zero-order valence-electron chi connectivity index (χ0n) is 24.7. The zero-order chi connectivity index (χ0) is 31.6. The highest BCUT2D eigenvalue weighted by molar-refractivity contribution is 6.30. The number of nitrogens with zero attached hydrogens (tertiary/aromatic N) is 12. The second-order valence-corrected chi connectivity index (χ2v) is 11.5. The Bertz CT molecular complexity index is 2200. The molecule has 0 saturated carbocycles. The number of hydrogen-bond donors (Lipinski definition) is 0. The first-order chi connectivity index (χ1) is 22.4. The van der Waals surface area contributed by atoms with Crippen LogP contribution in [0.3, 0.4) is 0 Å². The first kappa shape index (κ1) is 29.3. The summed E-state index contributed by atoms with van der Waals surface area (Å²) in [5.74, 6) is 0. The highest BCUT2D eigenvalue weighted by Crippen LogP contribution is 2.30. The van der Waals surface area contributed by atoms with E-state index in [2.05, 4.69) is 52.9 Å². The van der Waals surface area contributed by atoms with Gasteiger partial charge in [-0.2, -0.15) is 10.2 Å². The van der Waals surface area contributed by atoms with Crippen LogP contribution in [-0.4, -0.2) is 59.5 Å². The van der Waals surface area contributed by atoms with Crippen LogP contribution in [0, 0.1) is 0 Å². The molecule has 8 rings (SSSR count). The summed E-state index contributed by atoms with van der Waals surface area (Å²) in [7, 11) is 3.76. The van der Waals surface area contributed by atoms with Crippen LogP contribution in [0.1, 0.15) is 34.3 Å². The number of aromatic nitrogens is 12. The summed E-state index contributed by atoms with van der Waals surface area (Å²) in [6.45, 7) is 0.